The fourth-order valence-corrected chi connectivity index (χ4v) is 2.36. The standard InChI is InChI=1S/C15H20O3/c1-10(2)4-5-11-8-12-6-7-15(16)18-14(12)9-13(11)17-3/h4H,5-9H2,1-3H3. The van der Waals surface area contributed by atoms with Crippen LogP contribution in [0.3, 0.4) is 0 Å². The van der Waals surface area contributed by atoms with Crippen molar-refractivity contribution in [3.8, 4) is 0 Å². The molecular formula is C15H20O3. The van der Waals surface area contributed by atoms with E-state index < -0.39 is 0 Å². The summed E-state index contributed by atoms with van der Waals surface area (Å²) in [6.07, 6.45) is 6.00. The highest BCUT2D eigenvalue weighted by molar-refractivity contribution is 5.72. The summed E-state index contributed by atoms with van der Waals surface area (Å²) in [4.78, 5) is 11.3. The zero-order chi connectivity index (χ0) is 13.1. The smallest absolute Gasteiger partial charge is 0.311 e. The third-order valence-corrected chi connectivity index (χ3v) is 3.41. The van der Waals surface area contributed by atoms with E-state index in [4.69, 9.17) is 9.47 Å². The predicted molar refractivity (Wildman–Crippen MR) is 69.7 cm³/mol. The zero-order valence-corrected chi connectivity index (χ0v) is 11.3. The second-order valence-electron chi connectivity index (χ2n) is 5.07. The van der Waals surface area contributed by atoms with Gasteiger partial charge in [0, 0.05) is 6.42 Å². The summed E-state index contributed by atoms with van der Waals surface area (Å²) in [5.41, 5.74) is 3.90. The van der Waals surface area contributed by atoms with E-state index in [1.807, 2.05) is 0 Å². The highest BCUT2D eigenvalue weighted by atomic mass is 16.5. The molecule has 1 heterocycles. The van der Waals surface area contributed by atoms with Crippen molar-refractivity contribution in [1.82, 2.24) is 0 Å². The molecule has 0 bridgehead atoms. The van der Waals surface area contributed by atoms with Crippen molar-refractivity contribution in [2.24, 2.45) is 0 Å². The molecule has 18 heavy (non-hydrogen) atoms. The van der Waals surface area contributed by atoms with E-state index in [9.17, 15) is 4.79 Å². The molecular weight excluding hydrogens is 228 g/mol. The molecule has 1 aliphatic carbocycles. The molecule has 0 aromatic rings. The van der Waals surface area contributed by atoms with E-state index >= 15 is 0 Å². The van der Waals surface area contributed by atoms with Crippen LogP contribution in [0.4, 0.5) is 0 Å². The number of carbonyl (C=O) groups is 1. The van der Waals surface area contributed by atoms with Crippen molar-refractivity contribution < 1.29 is 14.3 Å². The summed E-state index contributed by atoms with van der Waals surface area (Å²) < 4.78 is 10.8. The van der Waals surface area contributed by atoms with Crippen molar-refractivity contribution in [2.75, 3.05) is 7.11 Å². The van der Waals surface area contributed by atoms with Crippen LogP contribution < -0.4 is 0 Å². The van der Waals surface area contributed by atoms with E-state index in [0.717, 1.165) is 30.8 Å². The number of allylic oxidation sites excluding steroid dienone is 4. The Morgan fingerprint density at radius 2 is 2.11 bits per heavy atom. The van der Waals surface area contributed by atoms with Gasteiger partial charge in [0.15, 0.2) is 0 Å². The molecule has 0 saturated carbocycles. The summed E-state index contributed by atoms with van der Waals surface area (Å²) in [7, 11) is 1.69. The first-order valence-electron chi connectivity index (χ1n) is 6.40. The van der Waals surface area contributed by atoms with Crippen LogP contribution in [0.25, 0.3) is 0 Å². The third-order valence-electron chi connectivity index (χ3n) is 3.41. The second kappa shape index (κ2) is 5.42. The number of rotatable bonds is 3. The van der Waals surface area contributed by atoms with E-state index in [0.29, 0.717) is 12.8 Å². The Morgan fingerprint density at radius 1 is 1.33 bits per heavy atom. The molecule has 3 nitrogen and oxygen atoms in total. The summed E-state index contributed by atoms with van der Waals surface area (Å²) >= 11 is 0. The molecule has 0 fully saturated rings. The van der Waals surface area contributed by atoms with Gasteiger partial charge in [0.05, 0.1) is 13.5 Å². The predicted octanol–water partition coefficient (Wildman–Crippen LogP) is 3.63. The largest absolute Gasteiger partial charge is 0.501 e. The van der Waals surface area contributed by atoms with Gasteiger partial charge in [-0.3, -0.25) is 4.79 Å². The Hall–Kier alpha value is -1.51. The fourth-order valence-electron chi connectivity index (χ4n) is 2.36. The molecule has 98 valence electrons. The molecule has 0 atom stereocenters. The highest BCUT2D eigenvalue weighted by Gasteiger charge is 2.27. The molecule has 0 amide bonds. The van der Waals surface area contributed by atoms with Crippen LogP contribution in [0, 0.1) is 0 Å². The molecule has 2 rings (SSSR count). The second-order valence-corrected chi connectivity index (χ2v) is 5.07. The van der Waals surface area contributed by atoms with Crippen molar-refractivity contribution in [1.29, 1.82) is 0 Å². The van der Waals surface area contributed by atoms with Crippen LogP contribution in [-0.4, -0.2) is 13.1 Å². The lowest BCUT2D eigenvalue weighted by molar-refractivity contribution is -0.141. The van der Waals surface area contributed by atoms with Gasteiger partial charge in [-0.15, -0.1) is 0 Å². The topological polar surface area (TPSA) is 35.5 Å². The average Bonchev–Trinajstić information content (AvgIpc) is 2.35. The quantitative estimate of drug-likeness (QED) is 0.565. The van der Waals surface area contributed by atoms with Gasteiger partial charge in [0.1, 0.15) is 11.5 Å². The van der Waals surface area contributed by atoms with Gasteiger partial charge in [0.25, 0.3) is 0 Å². The van der Waals surface area contributed by atoms with Crippen LogP contribution in [-0.2, 0) is 14.3 Å². The lowest BCUT2D eigenvalue weighted by atomic mass is 9.89. The lowest BCUT2D eigenvalue weighted by Crippen LogP contribution is -2.18. The first-order valence-corrected chi connectivity index (χ1v) is 6.40. The van der Waals surface area contributed by atoms with Gasteiger partial charge in [0.2, 0.25) is 0 Å². The Bertz CT molecular complexity index is 448. The Labute approximate surface area is 108 Å². The normalized spacial score (nSPS) is 19.4. The van der Waals surface area contributed by atoms with Gasteiger partial charge in [-0.2, -0.15) is 0 Å². The Balaban J connectivity index is 2.16. The molecule has 0 saturated heterocycles. The molecule has 0 aromatic carbocycles. The summed E-state index contributed by atoms with van der Waals surface area (Å²) in [5.74, 6) is 1.67. The lowest BCUT2D eigenvalue weighted by Gasteiger charge is -2.27. The van der Waals surface area contributed by atoms with Crippen molar-refractivity contribution in [3.63, 3.8) is 0 Å². The molecule has 0 spiro atoms. The summed E-state index contributed by atoms with van der Waals surface area (Å²) in [6, 6.07) is 0. The molecule has 0 radical (unpaired) electrons. The number of carbonyl (C=O) groups excluding carboxylic acids is 1. The van der Waals surface area contributed by atoms with E-state index in [1.54, 1.807) is 7.11 Å². The van der Waals surface area contributed by atoms with Crippen LogP contribution in [0.2, 0.25) is 0 Å². The number of ether oxygens (including phenoxy) is 2. The van der Waals surface area contributed by atoms with Gasteiger partial charge >= 0.3 is 5.97 Å². The molecule has 0 unspecified atom stereocenters. The van der Waals surface area contributed by atoms with Crippen molar-refractivity contribution >= 4 is 5.97 Å². The third kappa shape index (κ3) is 2.84. The molecule has 0 aromatic heterocycles. The minimum atomic E-state index is -0.114. The van der Waals surface area contributed by atoms with Crippen LogP contribution in [0.5, 0.6) is 0 Å². The SMILES string of the molecule is COC1=C(CC=C(C)C)CC2=C(C1)OC(=O)CC2. The van der Waals surface area contributed by atoms with Gasteiger partial charge in [-0.25, -0.2) is 0 Å². The van der Waals surface area contributed by atoms with E-state index in [1.165, 1.54) is 16.7 Å². The maximum absolute atomic E-state index is 11.3. The molecule has 3 heteroatoms. The minimum absolute atomic E-state index is 0.114. The maximum Gasteiger partial charge on any atom is 0.311 e. The minimum Gasteiger partial charge on any atom is -0.501 e. The van der Waals surface area contributed by atoms with E-state index in [-0.39, 0.29) is 5.97 Å². The van der Waals surface area contributed by atoms with Crippen molar-refractivity contribution in [3.05, 3.63) is 34.3 Å². The van der Waals surface area contributed by atoms with Gasteiger partial charge < -0.3 is 9.47 Å². The number of esters is 1. The summed E-state index contributed by atoms with van der Waals surface area (Å²) in [6.45, 7) is 4.20. The summed E-state index contributed by atoms with van der Waals surface area (Å²) in [5, 5.41) is 0. The first-order chi connectivity index (χ1) is 8.60. The fraction of sp³-hybridized carbons (Fsp3) is 0.533. The Morgan fingerprint density at radius 3 is 2.78 bits per heavy atom. The number of hydrogen-bond acceptors (Lipinski definition) is 3. The van der Waals surface area contributed by atoms with Crippen molar-refractivity contribution in [2.45, 2.75) is 46.0 Å². The highest BCUT2D eigenvalue weighted by Crippen LogP contribution is 2.37. The number of methoxy groups -OCH3 is 1. The molecule has 2 aliphatic rings. The zero-order valence-electron chi connectivity index (χ0n) is 11.3. The Kier molecular flexibility index (Phi) is 3.90. The van der Waals surface area contributed by atoms with Gasteiger partial charge in [-0.05, 0) is 44.3 Å². The average molecular weight is 248 g/mol. The van der Waals surface area contributed by atoms with Crippen LogP contribution in [0.15, 0.2) is 34.3 Å². The van der Waals surface area contributed by atoms with Crippen LogP contribution in [0.1, 0.15) is 46.0 Å². The molecule has 1 aliphatic heterocycles. The van der Waals surface area contributed by atoms with Crippen LogP contribution >= 0.6 is 0 Å². The number of hydrogen-bond donors (Lipinski definition) is 0. The van der Waals surface area contributed by atoms with Gasteiger partial charge in [-0.1, -0.05) is 11.6 Å². The maximum atomic E-state index is 11.3. The molecule has 0 N–H and O–H groups in total. The first kappa shape index (κ1) is 12.9. The monoisotopic (exact) mass is 248 g/mol. The van der Waals surface area contributed by atoms with E-state index in [2.05, 4.69) is 19.9 Å².